The zero-order valence-electron chi connectivity index (χ0n) is 4.12. The molecule has 0 aromatic carbocycles. The second-order valence-corrected chi connectivity index (χ2v) is 2.91. The highest BCUT2D eigenvalue weighted by Crippen LogP contribution is 2.04. The molecule has 0 fully saturated rings. The highest BCUT2D eigenvalue weighted by molar-refractivity contribution is 7.37. The van der Waals surface area contributed by atoms with E-state index in [1.165, 1.54) is 18.7 Å². The van der Waals surface area contributed by atoms with Gasteiger partial charge < -0.3 is 9.24 Å². The molecule has 0 aliphatic heterocycles. The Labute approximate surface area is 44.1 Å². The average molecular weight is 121 g/mol. The summed E-state index contributed by atoms with van der Waals surface area (Å²) in [5.74, 6) is 0. The molecule has 0 aliphatic rings. The van der Waals surface area contributed by atoms with Gasteiger partial charge in [-0.3, -0.25) is 0 Å². The maximum absolute atomic E-state index is 3.40. The Hall–Kier alpha value is 0.860. The molecule has 0 saturated heterocycles. The van der Waals surface area contributed by atoms with E-state index in [1.807, 2.05) is 0 Å². The third-order valence-corrected chi connectivity index (χ3v) is 1.81. The van der Waals surface area contributed by atoms with Crippen LogP contribution in [0.3, 0.4) is 0 Å². The molecule has 1 atom stereocenters. The molecule has 2 heteroatoms. The Morgan fingerprint density at radius 1 is 1.67 bits per heavy atom. The summed E-state index contributed by atoms with van der Waals surface area (Å²) >= 11 is 0. The van der Waals surface area contributed by atoms with E-state index in [0.717, 1.165) is 8.58 Å². The molecule has 0 aromatic heterocycles. The lowest BCUT2D eigenvalue weighted by molar-refractivity contribution is 1.12. The summed E-state index contributed by atoms with van der Waals surface area (Å²) in [6.45, 7) is 2.24. The summed E-state index contributed by atoms with van der Waals surface area (Å²) < 4.78 is 0. The molecule has 0 spiro atoms. The third-order valence-electron chi connectivity index (χ3n) is 0.604. The van der Waals surface area contributed by atoms with Gasteiger partial charge in [0.05, 0.1) is 0 Å². The van der Waals surface area contributed by atoms with Gasteiger partial charge in [0.15, 0.2) is 0 Å². The second-order valence-electron chi connectivity index (χ2n) is 1.21. The molecule has 0 nitrogen and oxygen atoms in total. The molecular weight excluding hydrogens is 110 g/mol. The minimum atomic E-state index is 1.13. The zero-order valence-corrected chi connectivity index (χ0v) is 6.12. The Morgan fingerprint density at radius 2 is 2.33 bits per heavy atom. The van der Waals surface area contributed by atoms with Crippen LogP contribution < -0.4 is 0 Å². The molecule has 0 heterocycles. The van der Waals surface area contributed by atoms with Gasteiger partial charge in [0.2, 0.25) is 0 Å². The van der Waals surface area contributed by atoms with Crippen molar-refractivity contribution in [3.8, 4) is 0 Å². The second kappa shape index (κ2) is 5.86. The smallest absolute Gasteiger partial charge is 0.0379 e. The van der Waals surface area contributed by atoms with E-state index in [9.17, 15) is 0 Å². The molecule has 0 saturated carbocycles. The molecule has 0 aromatic rings. The van der Waals surface area contributed by atoms with Crippen LogP contribution in [0.1, 0.15) is 6.42 Å². The van der Waals surface area contributed by atoms with E-state index in [4.69, 9.17) is 0 Å². The van der Waals surface area contributed by atoms with Crippen molar-refractivity contribution in [2.75, 3.05) is 19.0 Å². The zero-order chi connectivity index (χ0) is 4.83. The Bertz CT molecular complexity index is 17.5. The van der Waals surface area contributed by atoms with Crippen molar-refractivity contribution in [1.82, 2.24) is 0 Å². The van der Waals surface area contributed by atoms with E-state index in [1.54, 1.807) is 0 Å². The highest BCUT2D eigenvalue weighted by atomic mass is 31.1. The molecule has 0 amide bonds. The van der Waals surface area contributed by atoms with Crippen LogP contribution >= 0.6 is 17.8 Å². The fourth-order valence-electron chi connectivity index (χ4n) is 0.265. The van der Waals surface area contributed by atoms with Crippen LogP contribution in [0.25, 0.3) is 0 Å². The van der Waals surface area contributed by atoms with Crippen molar-refractivity contribution < 1.29 is 0 Å². The number of hydrogen-bond acceptors (Lipinski definition) is 0. The van der Waals surface area contributed by atoms with Crippen LogP contribution in [0.5, 0.6) is 0 Å². The van der Waals surface area contributed by atoms with Crippen LogP contribution in [0.2, 0.25) is 0 Å². The van der Waals surface area contributed by atoms with E-state index in [2.05, 4.69) is 15.9 Å². The molecule has 0 N–H and O–H groups in total. The maximum atomic E-state index is 3.40. The van der Waals surface area contributed by atoms with Crippen molar-refractivity contribution in [2.45, 2.75) is 6.42 Å². The fraction of sp³-hybridized carbons (Fsp3) is 1.00. The van der Waals surface area contributed by atoms with Crippen LogP contribution in [0.15, 0.2) is 0 Å². The monoisotopic (exact) mass is 121 g/mol. The molecule has 1 unspecified atom stereocenters. The van der Waals surface area contributed by atoms with Crippen molar-refractivity contribution >= 4 is 17.8 Å². The van der Waals surface area contributed by atoms with Crippen LogP contribution in [-0.2, 0) is 0 Å². The van der Waals surface area contributed by atoms with Gasteiger partial charge in [-0.2, -0.15) is 6.16 Å². The van der Waals surface area contributed by atoms with E-state index in [0.29, 0.717) is 0 Å². The molecule has 0 bridgehead atoms. The minimum Gasteiger partial charge on any atom is -0.558 e. The standard InChI is InChI=1S/C4H11P2/c1-6-4-2-3-5/h5-6H,2-4H2,1H3/q-1. The van der Waals surface area contributed by atoms with Crippen LogP contribution in [0.4, 0.5) is 0 Å². The molecule has 0 radical (unpaired) electrons. The third kappa shape index (κ3) is 4.86. The molecule has 6 heavy (non-hydrogen) atoms. The van der Waals surface area contributed by atoms with Gasteiger partial charge in [0.25, 0.3) is 0 Å². The lowest BCUT2D eigenvalue weighted by Crippen LogP contribution is -1.73. The van der Waals surface area contributed by atoms with Crippen molar-refractivity contribution in [2.24, 2.45) is 0 Å². The summed E-state index contributed by atoms with van der Waals surface area (Å²) in [7, 11) is 4.53. The first-order chi connectivity index (χ1) is 2.91. The number of rotatable bonds is 3. The predicted molar refractivity (Wildman–Crippen MR) is 36.9 cm³/mol. The van der Waals surface area contributed by atoms with Gasteiger partial charge in [-0.15, -0.1) is 8.58 Å². The van der Waals surface area contributed by atoms with Crippen molar-refractivity contribution in [3.05, 3.63) is 0 Å². The Morgan fingerprint density at radius 3 is 2.50 bits per heavy atom. The Balaban J connectivity index is 2.34. The first kappa shape index (κ1) is 6.86. The van der Waals surface area contributed by atoms with Gasteiger partial charge in [-0.25, -0.2) is 0 Å². The van der Waals surface area contributed by atoms with Gasteiger partial charge >= 0.3 is 0 Å². The minimum absolute atomic E-state index is 1.13. The maximum Gasteiger partial charge on any atom is -0.0379 e. The van der Waals surface area contributed by atoms with Gasteiger partial charge in [0, 0.05) is 0 Å². The topological polar surface area (TPSA) is 0 Å². The molecule has 38 valence electrons. The summed E-state index contributed by atoms with van der Waals surface area (Å²) in [5.41, 5.74) is 0. The summed E-state index contributed by atoms with van der Waals surface area (Å²) in [4.78, 5) is 0. The van der Waals surface area contributed by atoms with E-state index in [-0.39, 0.29) is 0 Å². The summed E-state index contributed by atoms with van der Waals surface area (Å²) in [5, 5.41) is 0. The van der Waals surface area contributed by atoms with Gasteiger partial charge in [0.1, 0.15) is 0 Å². The van der Waals surface area contributed by atoms with E-state index < -0.39 is 0 Å². The first-order valence-electron chi connectivity index (χ1n) is 2.21. The van der Waals surface area contributed by atoms with E-state index >= 15 is 0 Å². The average Bonchev–Trinajstić information content (AvgIpc) is 1.61. The molecule has 0 aliphatic carbocycles. The Kier molecular flexibility index (Phi) is 6.70. The normalized spacial score (nSPS) is 11.0. The molecule has 0 rings (SSSR count). The van der Waals surface area contributed by atoms with Crippen LogP contribution in [-0.4, -0.2) is 19.0 Å². The SMILES string of the molecule is CPCCC[PH-]. The fourth-order valence-corrected chi connectivity index (χ4v) is 1.33. The lowest BCUT2D eigenvalue weighted by Gasteiger charge is -1.94. The number of hydrogen-bond donors (Lipinski definition) is 0. The van der Waals surface area contributed by atoms with Crippen molar-refractivity contribution in [1.29, 1.82) is 0 Å². The highest BCUT2D eigenvalue weighted by Gasteiger charge is 1.70. The molecular formula is C4H11P2-. The lowest BCUT2D eigenvalue weighted by atomic mass is 10.6. The predicted octanol–water partition coefficient (Wildman–Crippen LogP) is 1.83. The first-order valence-corrected chi connectivity index (χ1v) is 4.62. The largest absolute Gasteiger partial charge is 0.558 e. The quantitative estimate of drug-likeness (QED) is 0.394. The van der Waals surface area contributed by atoms with Crippen LogP contribution in [0, 0.1) is 0 Å². The van der Waals surface area contributed by atoms with Gasteiger partial charge in [-0.05, 0) is 12.8 Å². The van der Waals surface area contributed by atoms with Crippen molar-refractivity contribution in [3.63, 3.8) is 0 Å². The van der Waals surface area contributed by atoms with Gasteiger partial charge in [-0.1, -0.05) is 6.42 Å². The summed E-state index contributed by atoms with van der Waals surface area (Å²) in [6, 6.07) is 0. The summed E-state index contributed by atoms with van der Waals surface area (Å²) in [6.07, 6.45) is 3.90.